The van der Waals surface area contributed by atoms with Gasteiger partial charge in [-0.3, -0.25) is 0 Å². The van der Waals surface area contributed by atoms with Gasteiger partial charge in [0.2, 0.25) is 5.95 Å². The van der Waals surface area contributed by atoms with E-state index in [9.17, 15) is 4.39 Å². The van der Waals surface area contributed by atoms with Crippen molar-refractivity contribution in [1.29, 1.82) is 0 Å². The minimum absolute atomic E-state index is 0.0568. The minimum Gasteiger partial charge on any atom is -0.354 e. The van der Waals surface area contributed by atoms with Crippen molar-refractivity contribution in [3.05, 3.63) is 41.0 Å². The largest absolute Gasteiger partial charge is 0.354 e. The van der Waals surface area contributed by atoms with E-state index in [2.05, 4.69) is 29.2 Å². The summed E-state index contributed by atoms with van der Waals surface area (Å²) < 4.78 is 15.7. The summed E-state index contributed by atoms with van der Waals surface area (Å²) in [6.45, 7) is 6.75. The lowest BCUT2D eigenvalue weighted by atomic mass is 10.0. The minimum atomic E-state index is -0.160. The summed E-state index contributed by atoms with van der Waals surface area (Å²) in [6, 6.07) is 5.48. The van der Waals surface area contributed by atoms with Crippen molar-refractivity contribution < 1.29 is 4.39 Å². The number of benzene rings is 1. The summed E-state index contributed by atoms with van der Waals surface area (Å²) in [4.78, 5) is 4.51. The van der Waals surface area contributed by atoms with Crippen LogP contribution in [0.25, 0.3) is 0 Å². The van der Waals surface area contributed by atoms with E-state index in [1.807, 2.05) is 16.8 Å². The van der Waals surface area contributed by atoms with Gasteiger partial charge in [-0.1, -0.05) is 26.0 Å². The topological polar surface area (TPSA) is 42.7 Å². The summed E-state index contributed by atoms with van der Waals surface area (Å²) in [5.41, 5.74) is 1.63. The van der Waals surface area contributed by atoms with Crippen molar-refractivity contribution in [2.45, 2.75) is 39.2 Å². The molecule has 1 atom stereocenters. The number of fused-ring (bicyclic) bond motifs is 1. The fourth-order valence-electron chi connectivity index (χ4n) is 2.49. The van der Waals surface area contributed by atoms with E-state index in [0.29, 0.717) is 5.56 Å². The van der Waals surface area contributed by atoms with Crippen LogP contribution < -0.4 is 5.32 Å². The number of nitrogens with one attached hydrogen (secondary N) is 1. The second-order valence-electron chi connectivity index (χ2n) is 5.63. The number of hydrogen-bond donors (Lipinski definition) is 1. The third-order valence-corrected chi connectivity index (χ3v) is 3.74. The van der Waals surface area contributed by atoms with Gasteiger partial charge in [-0.2, -0.15) is 10.1 Å². The van der Waals surface area contributed by atoms with Gasteiger partial charge in [-0.05, 0) is 30.5 Å². The van der Waals surface area contributed by atoms with E-state index in [-0.39, 0.29) is 17.8 Å². The summed E-state index contributed by atoms with van der Waals surface area (Å²) >= 11 is 0. The van der Waals surface area contributed by atoms with Gasteiger partial charge in [0.1, 0.15) is 5.82 Å². The van der Waals surface area contributed by atoms with Crippen molar-refractivity contribution in [3.8, 4) is 0 Å². The van der Waals surface area contributed by atoms with Crippen LogP contribution in [0.3, 0.4) is 0 Å². The molecular formula is C15H19FN4. The SMILES string of the molecule is Cc1ccc(C2CCNc3nc(C(C)C)nn32)cc1F. The molecule has 1 unspecified atom stereocenters. The zero-order chi connectivity index (χ0) is 14.3. The molecule has 0 spiro atoms. The molecule has 4 nitrogen and oxygen atoms in total. The molecule has 106 valence electrons. The van der Waals surface area contributed by atoms with Crippen molar-refractivity contribution in [1.82, 2.24) is 14.8 Å². The molecule has 1 aliphatic heterocycles. The third-order valence-electron chi connectivity index (χ3n) is 3.74. The maximum Gasteiger partial charge on any atom is 0.221 e. The normalized spacial score (nSPS) is 17.9. The molecule has 2 aromatic rings. The number of nitrogens with zero attached hydrogens (tertiary/aromatic N) is 3. The molecule has 0 saturated heterocycles. The highest BCUT2D eigenvalue weighted by molar-refractivity contribution is 5.34. The summed E-state index contributed by atoms with van der Waals surface area (Å²) in [5, 5.41) is 7.84. The van der Waals surface area contributed by atoms with E-state index in [1.54, 1.807) is 13.0 Å². The van der Waals surface area contributed by atoms with Crippen LogP contribution in [-0.4, -0.2) is 21.3 Å². The van der Waals surface area contributed by atoms with Crippen LogP contribution in [0.5, 0.6) is 0 Å². The highest BCUT2D eigenvalue weighted by Gasteiger charge is 2.25. The number of hydrogen-bond acceptors (Lipinski definition) is 3. The smallest absolute Gasteiger partial charge is 0.221 e. The summed E-state index contributed by atoms with van der Waals surface area (Å²) in [5.74, 6) is 1.73. The first-order valence-corrected chi connectivity index (χ1v) is 7.02. The van der Waals surface area contributed by atoms with Gasteiger partial charge in [0, 0.05) is 12.5 Å². The van der Waals surface area contributed by atoms with Crippen molar-refractivity contribution in [2.75, 3.05) is 11.9 Å². The number of aromatic nitrogens is 3. The Labute approximate surface area is 118 Å². The lowest BCUT2D eigenvalue weighted by Crippen LogP contribution is -2.24. The Hall–Kier alpha value is -1.91. The van der Waals surface area contributed by atoms with Crippen LogP contribution >= 0.6 is 0 Å². The average molecular weight is 274 g/mol. The molecule has 3 rings (SSSR count). The van der Waals surface area contributed by atoms with Crippen LogP contribution in [0, 0.1) is 12.7 Å². The van der Waals surface area contributed by atoms with Crippen molar-refractivity contribution in [3.63, 3.8) is 0 Å². The first kappa shape index (κ1) is 13.1. The third kappa shape index (κ3) is 2.17. The standard InChI is InChI=1S/C15H19FN4/c1-9(2)14-18-15-17-7-6-13(20(15)19-14)11-5-4-10(3)12(16)8-11/h4-5,8-9,13H,6-7H2,1-3H3,(H,17,18,19). The van der Waals surface area contributed by atoms with E-state index in [1.165, 1.54) is 0 Å². The van der Waals surface area contributed by atoms with Crippen molar-refractivity contribution >= 4 is 5.95 Å². The molecule has 1 aromatic heterocycles. The molecule has 1 N–H and O–H groups in total. The Morgan fingerprint density at radius 2 is 2.20 bits per heavy atom. The van der Waals surface area contributed by atoms with Gasteiger partial charge in [0.05, 0.1) is 6.04 Å². The lowest BCUT2D eigenvalue weighted by molar-refractivity contribution is 0.472. The van der Waals surface area contributed by atoms with Crippen LogP contribution in [0.2, 0.25) is 0 Å². The van der Waals surface area contributed by atoms with Gasteiger partial charge < -0.3 is 5.32 Å². The lowest BCUT2D eigenvalue weighted by Gasteiger charge is -2.24. The fraction of sp³-hybridized carbons (Fsp3) is 0.467. The number of halogens is 1. The molecule has 20 heavy (non-hydrogen) atoms. The van der Waals surface area contributed by atoms with E-state index in [4.69, 9.17) is 0 Å². The van der Waals surface area contributed by atoms with Gasteiger partial charge >= 0.3 is 0 Å². The molecule has 0 radical (unpaired) electrons. The number of rotatable bonds is 2. The Bertz CT molecular complexity index is 633. The molecule has 0 fully saturated rings. The highest BCUT2D eigenvalue weighted by Crippen LogP contribution is 2.30. The maximum absolute atomic E-state index is 13.8. The summed E-state index contributed by atoms with van der Waals surface area (Å²) in [7, 11) is 0. The predicted molar refractivity (Wildman–Crippen MR) is 76.5 cm³/mol. The molecule has 0 amide bonds. The first-order valence-electron chi connectivity index (χ1n) is 7.02. The Morgan fingerprint density at radius 3 is 2.90 bits per heavy atom. The maximum atomic E-state index is 13.8. The monoisotopic (exact) mass is 274 g/mol. The molecule has 0 saturated carbocycles. The fourth-order valence-corrected chi connectivity index (χ4v) is 2.49. The molecular weight excluding hydrogens is 255 g/mol. The van der Waals surface area contributed by atoms with Crippen LogP contribution in [0.15, 0.2) is 18.2 Å². The second kappa shape index (κ2) is 4.89. The Kier molecular flexibility index (Phi) is 3.20. The van der Waals surface area contributed by atoms with Gasteiger partial charge in [-0.15, -0.1) is 0 Å². The Balaban J connectivity index is 2.02. The summed E-state index contributed by atoms with van der Waals surface area (Å²) in [6.07, 6.45) is 0.885. The molecule has 0 aliphatic carbocycles. The van der Waals surface area contributed by atoms with Crippen LogP contribution in [0.4, 0.5) is 10.3 Å². The Morgan fingerprint density at radius 1 is 1.40 bits per heavy atom. The quantitative estimate of drug-likeness (QED) is 0.914. The predicted octanol–water partition coefficient (Wildman–Crippen LogP) is 3.25. The zero-order valence-corrected chi connectivity index (χ0v) is 12.0. The van der Waals surface area contributed by atoms with E-state index in [0.717, 1.165) is 30.3 Å². The van der Waals surface area contributed by atoms with Crippen molar-refractivity contribution in [2.24, 2.45) is 0 Å². The molecule has 1 aromatic carbocycles. The molecule has 0 bridgehead atoms. The van der Waals surface area contributed by atoms with Crippen LogP contribution in [-0.2, 0) is 0 Å². The van der Waals surface area contributed by atoms with Gasteiger partial charge in [0.15, 0.2) is 5.82 Å². The van der Waals surface area contributed by atoms with E-state index >= 15 is 0 Å². The van der Waals surface area contributed by atoms with Gasteiger partial charge in [-0.25, -0.2) is 9.07 Å². The first-order chi connectivity index (χ1) is 9.56. The molecule has 5 heteroatoms. The van der Waals surface area contributed by atoms with E-state index < -0.39 is 0 Å². The molecule has 2 heterocycles. The number of aryl methyl sites for hydroxylation is 1. The second-order valence-corrected chi connectivity index (χ2v) is 5.63. The number of anilines is 1. The zero-order valence-electron chi connectivity index (χ0n) is 12.0. The average Bonchev–Trinajstić information content (AvgIpc) is 2.86. The molecule has 1 aliphatic rings. The highest BCUT2D eigenvalue weighted by atomic mass is 19.1. The van der Waals surface area contributed by atoms with Crippen LogP contribution in [0.1, 0.15) is 49.2 Å². The van der Waals surface area contributed by atoms with Gasteiger partial charge in [0.25, 0.3) is 0 Å².